The Labute approximate surface area is 561 Å². The molecule has 26 N–H and O–H groups in total. The number of aromatic hydroxyl groups is 1. The van der Waals surface area contributed by atoms with Crippen LogP contribution in [0.25, 0.3) is 0 Å². The summed E-state index contributed by atoms with van der Waals surface area (Å²) < 4.78 is 0. The van der Waals surface area contributed by atoms with E-state index in [-0.39, 0.29) is 95.0 Å². The molecule has 1 aliphatic heterocycles. The average molecular weight is 1400 g/mol. The van der Waals surface area contributed by atoms with Crippen molar-refractivity contribution in [2.75, 3.05) is 51.6 Å². The standard InChI is InChI=1S/C57H90N18O21S/c1-29(47(86)74-39(28-97)56(95)96)66-51(90)37(23-45(82)83)69-43(79)27-64-48(87)32(10-6-20-63-57(61)62)70-50(89)33(8-2-4-18-58)67-42(78)26-65-49(88)34(16-17-44(80)81)71-53(92)38(24-46(84)85)73-54(93)40-11-7-21-75(40)55(94)35(9-3-5-19-59)72-52(91)36(68-41(77)25-60)22-30-12-14-31(76)15-13-30/h12-15,29,32-40,76,97H,2-11,16-28,58-60H2,1H3,(H,64,87)(H,65,88)(H,66,90)(H,67,78)(H,68,77)(H,69,79)(H,70,89)(H,71,92)(H,72,91)(H,73,93)(H,74,86)(H,80,81)(H,82,83)(H,84,85)(H,95,96)(H4,61,62,63)/t29-,32-,33-,34-,35-,36-,37-,38-,39-,40-/m0/s1. The number of unbranched alkanes of at least 4 members (excludes halogenated alkanes) is 2. The van der Waals surface area contributed by atoms with E-state index in [9.17, 15) is 102 Å². The van der Waals surface area contributed by atoms with E-state index in [0.717, 1.165) is 11.8 Å². The van der Waals surface area contributed by atoms with Crippen LogP contribution in [0.1, 0.15) is 102 Å². The van der Waals surface area contributed by atoms with E-state index in [4.69, 9.17) is 28.7 Å². The number of nitrogens with two attached hydrogens (primary N) is 5. The summed E-state index contributed by atoms with van der Waals surface area (Å²) in [5, 5.41) is 73.2. The molecule has 2 rings (SSSR count). The van der Waals surface area contributed by atoms with Crippen LogP contribution in [0.5, 0.6) is 5.75 Å². The zero-order valence-electron chi connectivity index (χ0n) is 53.3. The third kappa shape index (κ3) is 31.9. The van der Waals surface area contributed by atoms with Crippen LogP contribution in [0.2, 0.25) is 0 Å². The summed E-state index contributed by atoms with van der Waals surface area (Å²) >= 11 is 3.84. The zero-order chi connectivity index (χ0) is 72.9. The number of aliphatic imine (C=N–C) groups is 1. The highest BCUT2D eigenvalue weighted by Crippen LogP contribution is 2.21. The van der Waals surface area contributed by atoms with Crippen molar-refractivity contribution in [1.29, 1.82) is 0 Å². The lowest BCUT2D eigenvalue weighted by Crippen LogP contribution is -2.59. The van der Waals surface area contributed by atoms with Gasteiger partial charge in [-0.3, -0.25) is 76.9 Å². The molecule has 39 nitrogen and oxygen atoms in total. The predicted octanol–water partition coefficient (Wildman–Crippen LogP) is -8.36. The Hall–Kier alpha value is -9.96. The maximum atomic E-state index is 14.4. The number of carboxylic acid groups (broad SMARTS) is 4. The van der Waals surface area contributed by atoms with Crippen LogP contribution in [0.4, 0.5) is 0 Å². The van der Waals surface area contributed by atoms with Gasteiger partial charge >= 0.3 is 23.9 Å². The molecular weight excluding hydrogens is 1300 g/mol. The summed E-state index contributed by atoms with van der Waals surface area (Å²) in [6, 6.07) is -9.71. The highest BCUT2D eigenvalue weighted by atomic mass is 32.1. The Morgan fingerprint density at radius 1 is 0.536 bits per heavy atom. The lowest BCUT2D eigenvalue weighted by Gasteiger charge is -2.31. The molecule has 0 unspecified atom stereocenters. The maximum absolute atomic E-state index is 14.4. The van der Waals surface area contributed by atoms with E-state index in [1.807, 2.05) is 0 Å². The van der Waals surface area contributed by atoms with Crippen molar-refractivity contribution in [3.63, 3.8) is 0 Å². The molecular formula is C57H90N18O21S. The fraction of sp³-hybridized carbons (Fsp3) is 0.596. The number of likely N-dealkylation sites (tertiary alicyclic amines) is 1. The van der Waals surface area contributed by atoms with Crippen LogP contribution in [0.3, 0.4) is 0 Å². The summed E-state index contributed by atoms with van der Waals surface area (Å²) in [5.41, 5.74) is 28.3. The molecule has 1 aliphatic rings. The van der Waals surface area contributed by atoms with Crippen LogP contribution in [-0.4, -0.2) is 243 Å². The Morgan fingerprint density at radius 3 is 1.52 bits per heavy atom. The molecule has 1 aromatic rings. The normalized spacial score (nSPS) is 15.2. The third-order valence-electron chi connectivity index (χ3n) is 14.5. The highest BCUT2D eigenvalue weighted by molar-refractivity contribution is 7.80. The Bertz CT molecular complexity index is 2960. The van der Waals surface area contributed by atoms with Gasteiger partial charge in [0.25, 0.3) is 0 Å². The topological polar surface area (TPSA) is 652 Å². The van der Waals surface area contributed by atoms with Crippen molar-refractivity contribution < 1.29 is 102 Å². The lowest BCUT2D eigenvalue weighted by atomic mass is 10.0. The fourth-order valence-electron chi connectivity index (χ4n) is 9.44. The Balaban J connectivity index is 2.31. The molecule has 0 aliphatic carbocycles. The summed E-state index contributed by atoms with van der Waals surface area (Å²) in [6.45, 7) is -1.00. The van der Waals surface area contributed by atoms with Crippen molar-refractivity contribution in [3.05, 3.63) is 29.8 Å². The van der Waals surface area contributed by atoms with Crippen LogP contribution >= 0.6 is 12.6 Å². The number of nitrogens with one attached hydrogen (secondary N) is 11. The van der Waals surface area contributed by atoms with Crippen molar-refractivity contribution in [2.24, 2.45) is 33.7 Å². The second-order valence-corrected chi connectivity index (χ2v) is 22.6. The highest BCUT2D eigenvalue weighted by Gasteiger charge is 2.41. The zero-order valence-corrected chi connectivity index (χ0v) is 54.2. The van der Waals surface area contributed by atoms with E-state index in [2.05, 4.69) is 76.1 Å². The summed E-state index contributed by atoms with van der Waals surface area (Å²) in [4.78, 5) is 214. The fourth-order valence-corrected chi connectivity index (χ4v) is 9.69. The van der Waals surface area contributed by atoms with Crippen LogP contribution in [0.15, 0.2) is 29.3 Å². The number of amides is 12. The van der Waals surface area contributed by atoms with E-state index < -0.39 is 200 Å². The largest absolute Gasteiger partial charge is 0.508 e. The maximum Gasteiger partial charge on any atom is 0.327 e. The summed E-state index contributed by atoms with van der Waals surface area (Å²) in [5.74, 6) is -19.0. The number of thiol groups is 1. The third-order valence-corrected chi connectivity index (χ3v) is 14.9. The number of carboxylic acids is 4. The first-order valence-electron chi connectivity index (χ1n) is 30.8. The van der Waals surface area contributed by atoms with Crippen LogP contribution < -0.4 is 87.2 Å². The van der Waals surface area contributed by atoms with Crippen molar-refractivity contribution in [3.8, 4) is 5.75 Å². The number of nitrogens with zero attached hydrogens (tertiary/aromatic N) is 2. The van der Waals surface area contributed by atoms with E-state index in [1.165, 1.54) is 24.3 Å². The number of phenols is 1. The predicted molar refractivity (Wildman–Crippen MR) is 343 cm³/mol. The molecule has 0 saturated carbocycles. The SMILES string of the molecule is C[C@H](NC(=O)[C@H](CC(=O)O)NC(=O)CNC(=O)[C@H](CCCN=C(N)N)NC(=O)[C@H](CCCCN)NC(=O)CNC(=O)[C@H](CCC(=O)O)NC(=O)[C@H](CC(=O)O)NC(=O)[C@@H]1CCCN1C(=O)[C@H](CCCCN)NC(=O)[C@H](Cc1ccc(O)cc1)NC(=O)CN)C(=O)N[C@@H](CS)C(=O)O. The summed E-state index contributed by atoms with van der Waals surface area (Å²) in [6.07, 6.45) is -2.56. The molecule has 1 fully saturated rings. The summed E-state index contributed by atoms with van der Waals surface area (Å²) in [7, 11) is 0. The molecule has 1 aromatic carbocycles. The van der Waals surface area contributed by atoms with Gasteiger partial charge in [-0.05, 0) is 108 Å². The minimum atomic E-state index is -1.98. The van der Waals surface area contributed by atoms with Crippen molar-refractivity contribution >= 4 is 113 Å². The first kappa shape index (κ1) is 83.1. The molecule has 12 amide bonds. The number of carbonyl (C=O) groups excluding carboxylic acids is 12. The first-order valence-corrected chi connectivity index (χ1v) is 31.5. The second-order valence-electron chi connectivity index (χ2n) is 22.3. The number of aliphatic carboxylic acids is 4. The lowest BCUT2D eigenvalue weighted by molar-refractivity contribution is -0.144. The van der Waals surface area contributed by atoms with Gasteiger partial charge in [-0.15, -0.1) is 0 Å². The van der Waals surface area contributed by atoms with Gasteiger partial charge in [0.1, 0.15) is 66.2 Å². The van der Waals surface area contributed by atoms with Gasteiger partial charge < -0.3 is 118 Å². The number of hydrogen-bond acceptors (Lipinski definition) is 22. The molecule has 1 heterocycles. The average Bonchev–Trinajstić information content (AvgIpc) is 1.75. The molecule has 40 heteroatoms. The number of phenolic OH excluding ortho intramolecular Hbond substituents is 1. The van der Waals surface area contributed by atoms with Crippen molar-refractivity contribution in [2.45, 2.75) is 164 Å². The molecule has 0 aromatic heterocycles. The van der Waals surface area contributed by atoms with E-state index in [0.29, 0.717) is 24.8 Å². The van der Waals surface area contributed by atoms with Gasteiger partial charge in [0.2, 0.25) is 70.9 Å². The monoisotopic (exact) mass is 1390 g/mol. The van der Waals surface area contributed by atoms with E-state index in [1.54, 1.807) is 0 Å². The number of benzene rings is 1. The molecule has 0 bridgehead atoms. The van der Waals surface area contributed by atoms with Crippen molar-refractivity contribution in [1.82, 2.24) is 63.4 Å². The van der Waals surface area contributed by atoms with Crippen LogP contribution in [0, 0.1) is 0 Å². The van der Waals surface area contributed by atoms with Gasteiger partial charge in [0.05, 0.1) is 32.5 Å². The Kier molecular flexibility index (Phi) is 37.6. The minimum Gasteiger partial charge on any atom is -0.508 e. The quantitative estimate of drug-likeness (QED) is 0.0125. The van der Waals surface area contributed by atoms with Gasteiger partial charge in [-0.1, -0.05) is 12.1 Å². The molecule has 10 atom stereocenters. The van der Waals surface area contributed by atoms with Gasteiger partial charge in [-0.2, -0.15) is 12.6 Å². The molecule has 0 radical (unpaired) electrons. The minimum absolute atomic E-state index is 0.00846. The molecule has 0 spiro atoms. The first-order chi connectivity index (χ1) is 45.8. The number of guanidine groups is 1. The number of carbonyl (C=O) groups is 16. The second kappa shape index (κ2) is 43.9. The molecule has 540 valence electrons. The number of hydrogen-bond donors (Lipinski definition) is 22. The molecule has 1 saturated heterocycles. The van der Waals surface area contributed by atoms with Crippen LogP contribution in [-0.2, 0) is 83.1 Å². The van der Waals surface area contributed by atoms with Gasteiger partial charge in [-0.25, -0.2) is 4.79 Å². The van der Waals surface area contributed by atoms with Gasteiger partial charge in [0, 0.05) is 31.7 Å². The number of rotatable bonds is 46. The van der Waals surface area contributed by atoms with E-state index >= 15 is 0 Å². The molecule has 97 heavy (non-hydrogen) atoms. The Morgan fingerprint density at radius 2 is 1.00 bits per heavy atom. The van der Waals surface area contributed by atoms with Gasteiger partial charge in [0.15, 0.2) is 5.96 Å². The smallest absolute Gasteiger partial charge is 0.327 e.